The highest BCUT2D eigenvalue weighted by Crippen LogP contribution is 2.32. The largest absolute Gasteiger partial charge is 0.395 e. The van der Waals surface area contributed by atoms with Crippen LogP contribution in [0.1, 0.15) is 35.0 Å². The molecule has 1 unspecified atom stereocenters. The molecule has 1 aromatic heterocycles. The van der Waals surface area contributed by atoms with Gasteiger partial charge in [0.15, 0.2) is 5.78 Å². The normalized spacial score (nSPS) is 19.9. The van der Waals surface area contributed by atoms with Gasteiger partial charge in [0.2, 0.25) is 5.95 Å². The van der Waals surface area contributed by atoms with E-state index in [0.29, 0.717) is 36.2 Å². The van der Waals surface area contributed by atoms with Crippen LogP contribution in [0, 0.1) is 12.8 Å². The highest BCUT2D eigenvalue weighted by Gasteiger charge is 2.30. The van der Waals surface area contributed by atoms with Gasteiger partial charge in [0, 0.05) is 44.8 Å². The summed E-state index contributed by atoms with van der Waals surface area (Å²) in [6.45, 7) is 8.40. The number of piperazine rings is 1. The van der Waals surface area contributed by atoms with Crippen molar-refractivity contribution < 1.29 is 9.90 Å². The third kappa shape index (κ3) is 4.41. The molecule has 1 atom stereocenters. The number of nitrogens with one attached hydrogen (secondary N) is 1. The Labute approximate surface area is 171 Å². The van der Waals surface area contributed by atoms with E-state index in [4.69, 9.17) is 15.1 Å². The Morgan fingerprint density at radius 2 is 1.83 bits per heavy atom. The van der Waals surface area contributed by atoms with Crippen LogP contribution in [0.25, 0.3) is 0 Å². The Bertz CT molecular complexity index is 876. The van der Waals surface area contributed by atoms with Gasteiger partial charge >= 0.3 is 0 Å². The Balaban J connectivity index is 1.65. The molecular formula is C22H29N5O2. The van der Waals surface area contributed by atoms with Crippen molar-refractivity contribution in [2.45, 2.75) is 26.7 Å². The second kappa shape index (κ2) is 8.47. The molecule has 1 aliphatic heterocycles. The SMILES string of the molecule is Cc1ccc(Nc2nc(N3CCN(CCO)CC3)nc3c2C(=O)CC(C)C3)cc1. The number of aliphatic hydroxyl groups is 1. The summed E-state index contributed by atoms with van der Waals surface area (Å²) in [6.07, 6.45) is 1.34. The number of Topliss-reactive ketones (excluding diaryl/α,β-unsaturated/α-hetero) is 1. The first-order valence-corrected chi connectivity index (χ1v) is 10.4. The fourth-order valence-electron chi connectivity index (χ4n) is 4.07. The zero-order valence-corrected chi connectivity index (χ0v) is 17.2. The number of aromatic nitrogens is 2. The number of hydrogen-bond acceptors (Lipinski definition) is 7. The minimum absolute atomic E-state index is 0.118. The number of rotatable bonds is 5. The van der Waals surface area contributed by atoms with E-state index in [1.165, 1.54) is 5.56 Å². The van der Waals surface area contributed by atoms with Crippen LogP contribution in [0.4, 0.5) is 17.5 Å². The Morgan fingerprint density at radius 3 is 2.52 bits per heavy atom. The molecule has 7 nitrogen and oxygen atoms in total. The molecule has 2 aromatic rings. The second-order valence-corrected chi connectivity index (χ2v) is 8.17. The van der Waals surface area contributed by atoms with E-state index >= 15 is 0 Å². The zero-order chi connectivity index (χ0) is 20.4. The van der Waals surface area contributed by atoms with E-state index in [-0.39, 0.29) is 12.4 Å². The number of ketones is 1. The summed E-state index contributed by atoms with van der Waals surface area (Å²) in [4.78, 5) is 26.8. The molecule has 4 rings (SSSR count). The first-order valence-electron chi connectivity index (χ1n) is 10.4. The summed E-state index contributed by atoms with van der Waals surface area (Å²) in [6, 6.07) is 8.10. The molecule has 1 aliphatic carbocycles. The summed E-state index contributed by atoms with van der Waals surface area (Å²) in [5.74, 6) is 1.71. The van der Waals surface area contributed by atoms with Crippen molar-refractivity contribution >= 4 is 23.2 Å². The average molecular weight is 396 g/mol. The van der Waals surface area contributed by atoms with Crippen LogP contribution in [0.15, 0.2) is 24.3 Å². The molecule has 29 heavy (non-hydrogen) atoms. The first kappa shape index (κ1) is 19.8. The number of aliphatic hydroxyl groups excluding tert-OH is 1. The molecule has 1 saturated heterocycles. The van der Waals surface area contributed by atoms with Crippen LogP contribution in [-0.2, 0) is 6.42 Å². The number of anilines is 3. The van der Waals surface area contributed by atoms with E-state index in [2.05, 4.69) is 29.0 Å². The lowest BCUT2D eigenvalue weighted by Gasteiger charge is -2.35. The highest BCUT2D eigenvalue weighted by molar-refractivity contribution is 6.03. The minimum atomic E-state index is 0.118. The maximum absolute atomic E-state index is 12.8. The molecule has 0 spiro atoms. The number of β-amino-alcohol motifs (C(OH)–C–C–N with tert-alkyl or cyclic N) is 1. The molecule has 0 bridgehead atoms. The van der Waals surface area contributed by atoms with Gasteiger partial charge in [0.25, 0.3) is 0 Å². The van der Waals surface area contributed by atoms with Crippen molar-refractivity contribution in [3.63, 3.8) is 0 Å². The number of benzene rings is 1. The topological polar surface area (TPSA) is 81.6 Å². The number of nitrogens with zero attached hydrogens (tertiary/aromatic N) is 4. The third-order valence-electron chi connectivity index (χ3n) is 5.71. The van der Waals surface area contributed by atoms with Gasteiger partial charge in [0.05, 0.1) is 17.9 Å². The van der Waals surface area contributed by atoms with Gasteiger partial charge in [-0.05, 0) is 31.4 Å². The molecule has 1 aromatic carbocycles. The van der Waals surface area contributed by atoms with Crippen LogP contribution in [-0.4, -0.2) is 65.1 Å². The van der Waals surface area contributed by atoms with Crippen molar-refractivity contribution in [3.05, 3.63) is 41.1 Å². The monoisotopic (exact) mass is 395 g/mol. The highest BCUT2D eigenvalue weighted by atomic mass is 16.3. The molecule has 2 aliphatic rings. The lowest BCUT2D eigenvalue weighted by molar-refractivity contribution is 0.0952. The van der Waals surface area contributed by atoms with Crippen molar-refractivity contribution in [2.75, 3.05) is 49.5 Å². The van der Waals surface area contributed by atoms with Crippen molar-refractivity contribution in [3.8, 4) is 0 Å². The lowest BCUT2D eigenvalue weighted by Crippen LogP contribution is -2.48. The van der Waals surface area contributed by atoms with Crippen LogP contribution >= 0.6 is 0 Å². The van der Waals surface area contributed by atoms with E-state index < -0.39 is 0 Å². The smallest absolute Gasteiger partial charge is 0.227 e. The van der Waals surface area contributed by atoms with Gasteiger partial charge in [-0.1, -0.05) is 24.6 Å². The molecule has 2 N–H and O–H groups in total. The van der Waals surface area contributed by atoms with Crippen molar-refractivity contribution in [1.82, 2.24) is 14.9 Å². The van der Waals surface area contributed by atoms with Gasteiger partial charge in [-0.2, -0.15) is 4.98 Å². The number of aryl methyl sites for hydroxylation is 1. The number of fused-ring (bicyclic) bond motifs is 1. The standard InChI is InChI=1S/C22H29N5O2/c1-15-3-5-17(6-4-15)23-21-20-18(13-16(2)14-19(20)29)24-22(25-21)27-9-7-26(8-10-27)11-12-28/h3-6,16,28H,7-14H2,1-2H3,(H,23,24,25). The third-order valence-corrected chi connectivity index (χ3v) is 5.71. The Morgan fingerprint density at radius 1 is 1.10 bits per heavy atom. The Kier molecular flexibility index (Phi) is 5.78. The van der Waals surface area contributed by atoms with Crippen LogP contribution < -0.4 is 10.2 Å². The van der Waals surface area contributed by atoms with E-state index in [1.54, 1.807) is 0 Å². The van der Waals surface area contributed by atoms with E-state index in [1.807, 2.05) is 24.3 Å². The second-order valence-electron chi connectivity index (χ2n) is 8.17. The average Bonchev–Trinajstić information content (AvgIpc) is 2.70. The van der Waals surface area contributed by atoms with Crippen LogP contribution in [0.5, 0.6) is 0 Å². The molecule has 7 heteroatoms. The Hall–Kier alpha value is -2.51. The molecule has 0 saturated carbocycles. The molecule has 154 valence electrons. The van der Waals surface area contributed by atoms with Gasteiger partial charge in [-0.25, -0.2) is 4.98 Å². The maximum atomic E-state index is 12.8. The van der Waals surface area contributed by atoms with Crippen molar-refractivity contribution in [2.24, 2.45) is 5.92 Å². The number of carbonyl (C=O) groups excluding carboxylic acids is 1. The fourth-order valence-corrected chi connectivity index (χ4v) is 4.07. The quantitative estimate of drug-likeness (QED) is 0.804. The molecule has 0 radical (unpaired) electrons. The predicted octanol–water partition coefficient (Wildman–Crippen LogP) is 2.41. The van der Waals surface area contributed by atoms with Gasteiger partial charge in [-0.15, -0.1) is 0 Å². The summed E-state index contributed by atoms with van der Waals surface area (Å²) in [5.41, 5.74) is 3.60. The predicted molar refractivity (Wildman–Crippen MR) is 114 cm³/mol. The lowest BCUT2D eigenvalue weighted by atomic mass is 9.87. The van der Waals surface area contributed by atoms with Crippen molar-refractivity contribution in [1.29, 1.82) is 0 Å². The molecule has 1 fully saturated rings. The minimum Gasteiger partial charge on any atom is -0.395 e. The molecule has 0 amide bonds. The summed E-state index contributed by atoms with van der Waals surface area (Å²) >= 11 is 0. The van der Waals surface area contributed by atoms with E-state index in [0.717, 1.165) is 44.0 Å². The fraction of sp³-hybridized carbons (Fsp3) is 0.500. The van der Waals surface area contributed by atoms with Gasteiger partial charge in [0.1, 0.15) is 5.82 Å². The van der Waals surface area contributed by atoms with Crippen LogP contribution in [0.2, 0.25) is 0 Å². The first-order chi connectivity index (χ1) is 14.0. The van der Waals surface area contributed by atoms with Gasteiger partial charge < -0.3 is 15.3 Å². The van der Waals surface area contributed by atoms with E-state index in [9.17, 15) is 4.79 Å². The maximum Gasteiger partial charge on any atom is 0.227 e. The van der Waals surface area contributed by atoms with Gasteiger partial charge in [-0.3, -0.25) is 9.69 Å². The molecule has 2 heterocycles. The van der Waals surface area contributed by atoms with Crippen LogP contribution in [0.3, 0.4) is 0 Å². The summed E-state index contributed by atoms with van der Waals surface area (Å²) in [7, 11) is 0. The summed E-state index contributed by atoms with van der Waals surface area (Å²) in [5, 5.41) is 12.5. The molecular weight excluding hydrogens is 366 g/mol. The number of hydrogen-bond donors (Lipinski definition) is 2. The zero-order valence-electron chi connectivity index (χ0n) is 17.2. The number of carbonyl (C=O) groups is 1. The summed E-state index contributed by atoms with van der Waals surface area (Å²) < 4.78 is 0.